The Labute approximate surface area is 185 Å². The fourth-order valence-electron chi connectivity index (χ4n) is 2.88. The van der Waals surface area contributed by atoms with E-state index < -0.39 is 28.3 Å². The van der Waals surface area contributed by atoms with Crippen LogP contribution < -0.4 is 14.4 Å². The predicted octanol–water partition coefficient (Wildman–Crippen LogP) is 4.63. The molecule has 0 radical (unpaired) electrons. The number of carbonyl (C=O) groups is 1. The van der Waals surface area contributed by atoms with Gasteiger partial charge in [-0.2, -0.15) is 0 Å². The SMILES string of the molecule is COc1ccccc1N(CC(=O)Nc1ccc(F)c(Cl)c1)S(=O)(=O)c1ccc(C)cc1. The minimum Gasteiger partial charge on any atom is -0.495 e. The van der Waals surface area contributed by atoms with Crippen molar-refractivity contribution in [3.63, 3.8) is 0 Å². The summed E-state index contributed by atoms with van der Waals surface area (Å²) in [5.74, 6) is -0.975. The number of amides is 1. The van der Waals surface area contributed by atoms with Crippen molar-refractivity contribution in [2.75, 3.05) is 23.3 Å². The van der Waals surface area contributed by atoms with Crippen LogP contribution in [-0.4, -0.2) is 28.0 Å². The fourth-order valence-corrected chi connectivity index (χ4v) is 4.49. The van der Waals surface area contributed by atoms with Crippen molar-refractivity contribution in [2.45, 2.75) is 11.8 Å². The summed E-state index contributed by atoms with van der Waals surface area (Å²) in [5, 5.41) is 2.38. The lowest BCUT2D eigenvalue weighted by molar-refractivity contribution is -0.114. The Morgan fingerprint density at radius 3 is 2.42 bits per heavy atom. The van der Waals surface area contributed by atoms with E-state index in [0.717, 1.165) is 15.9 Å². The van der Waals surface area contributed by atoms with Crippen LogP contribution >= 0.6 is 11.6 Å². The van der Waals surface area contributed by atoms with Gasteiger partial charge in [-0.25, -0.2) is 12.8 Å². The Morgan fingerprint density at radius 1 is 1.10 bits per heavy atom. The number of carbonyl (C=O) groups excluding carboxylic acids is 1. The number of sulfonamides is 1. The highest BCUT2D eigenvalue weighted by molar-refractivity contribution is 7.92. The minimum absolute atomic E-state index is 0.0293. The Morgan fingerprint density at radius 2 is 1.77 bits per heavy atom. The number of nitrogens with zero attached hydrogens (tertiary/aromatic N) is 1. The van der Waals surface area contributed by atoms with E-state index in [1.807, 2.05) is 6.92 Å². The molecule has 6 nitrogen and oxygen atoms in total. The lowest BCUT2D eigenvalue weighted by Crippen LogP contribution is -2.38. The Bertz CT molecular complexity index is 1200. The number of aryl methyl sites for hydroxylation is 1. The number of benzene rings is 3. The van der Waals surface area contributed by atoms with Crippen LogP contribution in [0, 0.1) is 12.7 Å². The number of hydrogen-bond acceptors (Lipinski definition) is 4. The van der Waals surface area contributed by atoms with E-state index in [2.05, 4.69) is 5.32 Å². The summed E-state index contributed by atoms with van der Waals surface area (Å²) in [7, 11) is -2.69. The van der Waals surface area contributed by atoms with Gasteiger partial charge in [0, 0.05) is 5.69 Å². The molecule has 0 aromatic heterocycles. The van der Waals surface area contributed by atoms with E-state index >= 15 is 0 Å². The van der Waals surface area contributed by atoms with Gasteiger partial charge >= 0.3 is 0 Å². The summed E-state index contributed by atoms with van der Waals surface area (Å²) in [6.45, 7) is 1.31. The average Bonchev–Trinajstić information content (AvgIpc) is 2.75. The summed E-state index contributed by atoms with van der Waals surface area (Å²) < 4.78 is 46.5. The Balaban J connectivity index is 1.98. The van der Waals surface area contributed by atoms with Crippen molar-refractivity contribution < 1.29 is 22.3 Å². The third-order valence-electron chi connectivity index (χ3n) is 4.45. The molecule has 1 N–H and O–H groups in total. The molecule has 162 valence electrons. The van der Waals surface area contributed by atoms with E-state index in [1.54, 1.807) is 36.4 Å². The van der Waals surface area contributed by atoms with E-state index in [1.165, 1.54) is 31.4 Å². The smallest absolute Gasteiger partial charge is 0.264 e. The van der Waals surface area contributed by atoms with Crippen molar-refractivity contribution in [1.29, 1.82) is 0 Å². The quantitative estimate of drug-likeness (QED) is 0.555. The third-order valence-corrected chi connectivity index (χ3v) is 6.52. The van der Waals surface area contributed by atoms with Gasteiger partial charge in [0.2, 0.25) is 5.91 Å². The topological polar surface area (TPSA) is 75.7 Å². The molecular formula is C22H20ClFN2O4S. The number of rotatable bonds is 7. The van der Waals surface area contributed by atoms with Gasteiger partial charge in [0.25, 0.3) is 10.0 Å². The number of anilines is 2. The van der Waals surface area contributed by atoms with Gasteiger partial charge in [-0.1, -0.05) is 41.4 Å². The first-order chi connectivity index (χ1) is 14.7. The maximum atomic E-state index is 13.4. The van der Waals surface area contributed by atoms with Crippen LogP contribution in [0.5, 0.6) is 5.75 Å². The second-order valence-corrected chi connectivity index (χ2v) is 8.94. The number of hydrogen-bond donors (Lipinski definition) is 1. The molecule has 0 aliphatic rings. The molecule has 0 spiro atoms. The van der Waals surface area contributed by atoms with Crippen LogP contribution in [0.4, 0.5) is 15.8 Å². The summed E-state index contributed by atoms with van der Waals surface area (Å²) in [6.07, 6.45) is 0. The summed E-state index contributed by atoms with van der Waals surface area (Å²) >= 11 is 5.75. The van der Waals surface area contributed by atoms with Crippen LogP contribution in [0.2, 0.25) is 5.02 Å². The molecule has 0 aliphatic carbocycles. The summed E-state index contributed by atoms with van der Waals surface area (Å²) in [6, 6.07) is 16.5. The summed E-state index contributed by atoms with van der Waals surface area (Å²) in [4.78, 5) is 12.8. The lowest BCUT2D eigenvalue weighted by atomic mass is 10.2. The molecule has 0 heterocycles. The number of halogens is 2. The second-order valence-electron chi connectivity index (χ2n) is 6.67. The highest BCUT2D eigenvalue weighted by atomic mass is 35.5. The molecule has 0 unspecified atom stereocenters. The molecule has 0 saturated heterocycles. The molecule has 0 atom stereocenters. The summed E-state index contributed by atoms with van der Waals surface area (Å²) in [5.41, 5.74) is 1.34. The standard InChI is InChI=1S/C22H20ClFN2O4S/c1-15-7-10-17(11-8-15)31(28,29)26(20-5-3-4-6-21(20)30-2)14-22(27)25-16-9-12-19(24)18(23)13-16/h3-13H,14H2,1-2H3,(H,25,27). The molecule has 0 fully saturated rings. The number of para-hydroxylation sites is 2. The van der Waals surface area contributed by atoms with Crippen LogP contribution in [0.15, 0.2) is 71.6 Å². The molecule has 3 aromatic carbocycles. The highest BCUT2D eigenvalue weighted by Gasteiger charge is 2.29. The third kappa shape index (κ3) is 5.15. The molecular weight excluding hydrogens is 443 g/mol. The van der Waals surface area contributed by atoms with Crippen LogP contribution in [0.1, 0.15) is 5.56 Å². The van der Waals surface area contributed by atoms with Gasteiger partial charge in [-0.3, -0.25) is 9.10 Å². The molecule has 3 rings (SSSR count). The first-order valence-corrected chi connectivity index (χ1v) is 11.0. The maximum absolute atomic E-state index is 13.4. The van der Waals surface area contributed by atoms with E-state index in [4.69, 9.17) is 16.3 Å². The Kier molecular flexibility index (Phi) is 6.82. The van der Waals surface area contributed by atoms with Gasteiger partial charge in [-0.05, 0) is 49.4 Å². The minimum atomic E-state index is -4.10. The zero-order valence-electron chi connectivity index (χ0n) is 16.8. The molecule has 31 heavy (non-hydrogen) atoms. The largest absolute Gasteiger partial charge is 0.495 e. The fraction of sp³-hybridized carbons (Fsp3) is 0.136. The molecule has 0 aliphatic heterocycles. The number of methoxy groups -OCH3 is 1. The average molecular weight is 463 g/mol. The zero-order valence-corrected chi connectivity index (χ0v) is 18.4. The van der Waals surface area contributed by atoms with Crippen molar-refractivity contribution in [3.05, 3.63) is 83.1 Å². The monoisotopic (exact) mass is 462 g/mol. The van der Waals surface area contributed by atoms with Crippen molar-refractivity contribution >= 4 is 38.9 Å². The number of ether oxygens (including phenoxy) is 1. The van der Waals surface area contributed by atoms with Gasteiger partial charge in [0.1, 0.15) is 18.1 Å². The lowest BCUT2D eigenvalue weighted by Gasteiger charge is -2.25. The van der Waals surface area contributed by atoms with Gasteiger partial charge in [-0.15, -0.1) is 0 Å². The van der Waals surface area contributed by atoms with Crippen molar-refractivity contribution in [3.8, 4) is 5.75 Å². The first-order valence-electron chi connectivity index (χ1n) is 9.19. The molecule has 0 saturated carbocycles. The predicted molar refractivity (Wildman–Crippen MR) is 119 cm³/mol. The van der Waals surface area contributed by atoms with Crippen LogP contribution in [0.25, 0.3) is 0 Å². The molecule has 3 aromatic rings. The number of nitrogens with one attached hydrogen (secondary N) is 1. The van der Waals surface area contributed by atoms with Crippen LogP contribution in [-0.2, 0) is 14.8 Å². The zero-order chi connectivity index (χ0) is 22.6. The van der Waals surface area contributed by atoms with Gasteiger partial charge in [0.05, 0.1) is 22.7 Å². The second kappa shape index (κ2) is 9.36. The maximum Gasteiger partial charge on any atom is 0.264 e. The molecule has 0 bridgehead atoms. The van der Waals surface area contributed by atoms with Crippen molar-refractivity contribution in [2.24, 2.45) is 0 Å². The normalized spacial score (nSPS) is 11.1. The molecule has 9 heteroatoms. The van der Waals surface area contributed by atoms with E-state index in [0.29, 0.717) is 0 Å². The molecule has 1 amide bonds. The Hall–Kier alpha value is -3.10. The van der Waals surface area contributed by atoms with Gasteiger partial charge in [0.15, 0.2) is 0 Å². The highest BCUT2D eigenvalue weighted by Crippen LogP contribution is 2.32. The van der Waals surface area contributed by atoms with Crippen LogP contribution in [0.3, 0.4) is 0 Å². The van der Waals surface area contributed by atoms with E-state index in [9.17, 15) is 17.6 Å². The van der Waals surface area contributed by atoms with Gasteiger partial charge < -0.3 is 10.1 Å². The van der Waals surface area contributed by atoms with E-state index in [-0.39, 0.29) is 27.0 Å². The van der Waals surface area contributed by atoms with Crippen molar-refractivity contribution in [1.82, 2.24) is 0 Å². The first kappa shape index (κ1) is 22.6.